The van der Waals surface area contributed by atoms with E-state index in [1.807, 2.05) is 23.1 Å². The van der Waals surface area contributed by atoms with Gasteiger partial charge in [-0.05, 0) is 31.9 Å². The van der Waals surface area contributed by atoms with Crippen molar-refractivity contribution in [1.29, 1.82) is 0 Å². The number of hydrogen-bond donors (Lipinski definition) is 1. The van der Waals surface area contributed by atoms with Crippen LogP contribution in [0.5, 0.6) is 0 Å². The number of fused-ring (bicyclic) bond motifs is 1. The summed E-state index contributed by atoms with van der Waals surface area (Å²) in [6, 6.07) is 4.39. The maximum Gasteiger partial charge on any atom is 0.191 e. The van der Waals surface area contributed by atoms with E-state index < -0.39 is 0 Å². The van der Waals surface area contributed by atoms with E-state index in [1.54, 1.807) is 0 Å². The molecule has 0 atom stereocenters. The summed E-state index contributed by atoms with van der Waals surface area (Å²) in [5, 5.41) is 13.3. The molecule has 0 unspecified atom stereocenters. The van der Waals surface area contributed by atoms with Gasteiger partial charge in [0.1, 0.15) is 5.82 Å². The molecule has 2 aromatic rings. The van der Waals surface area contributed by atoms with Gasteiger partial charge in [0.05, 0.1) is 0 Å². The number of nitrogens with zero attached hydrogens (tertiary/aromatic N) is 3. The minimum Gasteiger partial charge on any atom is -0.311 e. The first-order valence-corrected chi connectivity index (χ1v) is 9.44. The van der Waals surface area contributed by atoms with Gasteiger partial charge in [0.25, 0.3) is 0 Å². The monoisotopic (exact) mass is 322 g/mol. The van der Waals surface area contributed by atoms with Gasteiger partial charge in [-0.2, -0.15) is 0 Å². The fourth-order valence-electron chi connectivity index (χ4n) is 2.57. The maximum absolute atomic E-state index is 4.35. The lowest BCUT2D eigenvalue weighted by Crippen LogP contribution is -2.16. The molecule has 114 valence electrons. The average molecular weight is 323 g/mol. The van der Waals surface area contributed by atoms with Crippen molar-refractivity contribution < 1.29 is 0 Å². The number of hydrogen-bond acceptors (Lipinski definition) is 5. The maximum atomic E-state index is 4.35. The van der Waals surface area contributed by atoms with Crippen molar-refractivity contribution in [2.24, 2.45) is 0 Å². The highest BCUT2D eigenvalue weighted by Gasteiger charge is 2.14. The SMILES string of the molecule is Cc1ccc(CNCCSc2nnc3n2CCCCC3)s1. The van der Waals surface area contributed by atoms with E-state index in [1.165, 1.54) is 34.8 Å². The number of rotatable bonds is 6. The lowest BCUT2D eigenvalue weighted by Gasteiger charge is -2.06. The van der Waals surface area contributed by atoms with Crippen LogP contribution in [-0.4, -0.2) is 27.1 Å². The molecule has 0 aromatic carbocycles. The second-order valence-corrected chi connectivity index (χ2v) is 7.83. The second kappa shape index (κ2) is 7.42. The van der Waals surface area contributed by atoms with E-state index in [0.29, 0.717) is 0 Å². The summed E-state index contributed by atoms with van der Waals surface area (Å²) in [7, 11) is 0. The Morgan fingerprint density at radius 3 is 3.10 bits per heavy atom. The van der Waals surface area contributed by atoms with Crippen molar-refractivity contribution in [2.75, 3.05) is 12.3 Å². The van der Waals surface area contributed by atoms with Crippen molar-refractivity contribution in [2.45, 2.75) is 50.9 Å². The van der Waals surface area contributed by atoms with Gasteiger partial charge in [-0.3, -0.25) is 0 Å². The van der Waals surface area contributed by atoms with Crippen LogP contribution in [0.1, 0.15) is 34.8 Å². The van der Waals surface area contributed by atoms with Gasteiger partial charge in [-0.15, -0.1) is 21.5 Å². The molecule has 2 aromatic heterocycles. The summed E-state index contributed by atoms with van der Waals surface area (Å²) in [4.78, 5) is 2.79. The van der Waals surface area contributed by atoms with Crippen LogP contribution in [0.4, 0.5) is 0 Å². The smallest absolute Gasteiger partial charge is 0.191 e. The predicted molar refractivity (Wildman–Crippen MR) is 89.1 cm³/mol. The highest BCUT2D eigenvalue weighted by atomic mass is 32.2. The van der Waals surface area contributed by atoms with Crippen LogP contribution < -0.4 is 5.32 Å². The van der Waals surface area contributed by atoms with Crippen molar-refractivity contribution in [1.82, 2.24) is 20.1 Å². The highest BCUT2D eigenvalue weighted by Crippen LogP contribution is 2.21. The Kier molecular flexibility index (Phi) is 5.32. The molecule has 0 saturated carbocycles. The summed E-state index contributed by atoms with van der Waals surface area (Å²) < 4.78 is 2.32. The zero-order chi connectivity index (χ0) is 14.5. The Bertz CT molecular complexity index is 576. The van der Waals surface area contributed by atoms with Crippen LogP contribution >= 0.6 is 23.1 Å². The summed E-state index contributed by atoms with van der Waals surface area (Å²) in [5.41, 5.74) is 0. The van der Waals surface area contributed by atoms with Crippen molar-refractivity contribution in [3.63, 3.8) is 0 Å². The lowest BCUT2D eigenvalue weighted by molar-refractivity contribution is 0.590. The first kappa shape index (κ1) is 15.1. The molecule has 21 heavy (non-hydrogen) atoms. The van der Waals surface area contributed by atoms with Crippen LogP contribution in [0.25, 0.3) is 0 Å². The van der Waals surface area contributed by atoms with Gasteiger partial charge >= 0.3 is 0 Å². The van der Waals surface area contributed by atoms with Crippen LogP contribution in [0.2, 0.25) is 0 Å². The minimum absolute atomic E-state index is 0.969. The molecule has 0 aliphatic carbocycles. The first-order chi connectivity index (χ1) is 10.3. The number of aromatic nitrogens is 3. The van der Waals surface area contributed by atoms with Crippen LogP contribution in [0.3, 0.4) is 0 Å². The normalized spacial score (nSPS) is 14.9. The predicted octanol–water partition coefficient (Wildman–Crippen LogP) is 3.26. The van der Waals surface area contributed by atoms with Crippen LogP contribution in [-0.2, 0) is 19.5 Å². The minimum atomic E-state index is 0.969. The average Bonchev–Trinajstić information content (AvgIpc) is 2.98. The van der Waals surface area contributed by atoms with Crippen LogP contribution in [0.15, 0.2) is 17.3 Å². The molecule has 3 rings (SSSR count). The van der Waals surface area contributed by atoms with Crippen molar-refractivity contribution in [3.8, 4) is 0 Å². The Morgan fingerprint density at radius 2 is 2.24 bits per heavy atom. The molecule has 0 radical (unpaired) electrons. The molecule has 0 bridgehead atoms. The molecule has 0 saturated heterocycles. The molecular formula is C15H22N4S2. The molecule has 6 heteroatoms. The van der Waals surface area contributed by atoms with Gasteiger partial charge in [-0.25, -0.2) is 0 Å². The summed E-state index contributed by atoms with van der Waals surface area (Å²) in [6.07, 6.45) is 4.91. The Hall–Kier alpha value is -0.850. The van der Waals surface area contributed by atoms with Gasteiger partial charge < -0.3 is 9.88 Å². The zero-order valence-electron chi connectivity index (χ0n) is 12.5. The third kappa shape index (κ3) is 4.08. The fourth-order valence-corrected chi connectivity index (χ4v) is 4.31. The number of thioether (sulfide) groups is 1. The topological polar surface area (TPSA) is 42.7 Å². The summed E-state index contributed by atoms with van der Waals surface area (Å²) in [5.74, 6) is 2.22. The molecule has 0 fully saturated rings. The van der Waals surface area contributed by atoms with E-state index in [9.17, 15) is 0 Å². The number of thiophene rings is 1. The second-order valence-electron chi connectivity index (χ2n) is 5.40. The fraction of sp³-hybridized carbons (Fsp3) is 0.600. The largest absolute Gasteiger partial charge is 0.311 e. The molecular weight excluding hydrogens is 300 g/mol. The summed E-state index contributed by atoms with van der Waals surface area (Å²) in [6.45, 7) is 5.22. The molecule has 0 spiro atoms. The molecule has 0 amide bonds. The Balaban J connectivity index is 1.42. The van der Waals surface area contributed by atoms with E-state index in [-0.39, 0.29) is 0 Å². The van der Waals surface area contributed by atoms with Gasteiger partial charge in [-0.1, -0.05) is 18.2 Å². The molecule has 3 heterocycles. The lowest BCUT2D eigenvalue weighted by atomic mass is 10.2. The van der Waals surface area contributed by atoms with E-state index in [4.69, 9.17) is 0 Å². The van der Waals surface area contributed by atoms with Gasteiger partial charge in [0.2, 0.25) is 0 Å². The zero-order valence-corrected chi connectivity index (χ0v) is 14.1. The van der Waals surface area contributed by atoms with E-state index >= 15 is 0 Å². The number of nitrogens with one attached hydrogen (secondary N) is 1. The molecule has 1 aliphatic heterocycles. The van der Waals surface area contributed by atoms with Gasteiger partial charge in [0, 0.05) is 41.6 Å². The Labute approximate surface area is 134 Å². The van der Waals surface area contributed by atoms with Crippen molar-refractivity contribution >= 4 is 23.1 Å². The van der Waals surface area contributed by atoms with Crippen LogP contribution in [0, 0.1) is 6.92 Å². The molecule has 1 N–H and O–H groups in total. The summed E-state index contributed by atoms with van der Waals surface area (Å²) >= 11 is 3.69. The van der Waals surface area contributed by atoms with E-state index in [0.717, 1.165) is 37.0 Å². The third-order valence-electron chi connectivity index (χ3n) is 3.68. The highest BCUT2D eigenvalue weighted by molar-refractivity contribution is 7.99. The first-order valence-electron chi connectivity index (χ1n) is 7.64. The molecule has 4 nitrogen and oxygen atoms in total. The van der Waals surface area contributed by atoms with Crippen molar-refractivity contribution in [3.05, 3.63) is 27.7 Å². The molecule has 1 aliphatic rings. The Morgan fingerprint density at radius 1 is 1.29 bits per heavy atom. The standard InChI is InChI=1S/C15H22N4S2/c1-12-6-7-13(21-12)11-16-8-10-20-15-18-17-14-5-3-2-4-9-19(14)15/h6-7,16H,2-5,8-11H2,1H3. The van der Waals surface area contributed by atoms with E-state index in [2.05, 4.69) is 39.1 Å². The van der Waals surface area contributed by atoms with Gasteiger partial charge in [0.15, 0.2) is 5.16 Å². The third-order valence-corrected chi connectivity index (χ3v) is 5.65. The quantitative estimate of drug-likeness (QED) is 0.655. The number of aryl methyl sites for hydroxylation is 2.